The predicted molar refractivity (Wildman–Crippen MR) is 90.4 cm³/mol. The number of hydrogen-bond acceptors (Lipinski definition) is 6. The lowest BCUT2D eigenvalue weighted by Crippen LogP contribution is -2.08. The van der Waals surface area contributed by atoms with Gasteiger partial charge in [0.2, 0.25) is 5.89 Å². The normalized spacial score (nSPS) is 12.4. The molecule has 0 aliphatic carbocycles. The van der Waals surface area contributed by atoms with Crippen molar-refractivity contribution >= 4 is 11.8 Å². The lowest BCUT2D eigenvalue weighted by molar-refractivity contribution is 0.374. The van der Waals surface area contributed by atoms with Gasteiger partial charge in [0.25, 0.3) is 0 Å². The van der Waals surface area contributed by atoms with Crippen LogP contribution in [0.2, 0.25) is 0 Å². The topological polar surface area (TPSA) is 82.8 Å². The van der Waals surface area contributed by atoms with E-state index in [1.54, 1.807) is 0 Å². The number of imidazole rings is 1. The highest BCUT2D eigenvalue weighted by atomic mass is 32.2. The van der Waals surface area contributed by atoms with Crippen LogP contribution in [0.4, 0.5) is 0 Å². The summed E-state index contributed by atoms with van der Waals surface area (Å²) < 4.78 is 6.86. The molecular formula is C16H19N5OS. The summed E-state index contributed by atoms with van der Waals surface area (Å²) >= 11 is 1.50. The Bertz CT molecular complexity index is 768. The van der Waals surface area contributed by atoms with Gasteiger partial charge in [0.1, 0.15) is 0 Å². The molecule has 1 atom stereocenters. The zero-order chi connectivity index (χ0) is 16.2. The Morgan fingerprint density at radius 3 is 2.78 bits per heavy atom. The van der Waals surface area contributed by atoms with Gasteiger partial charge in [-0.3, -0.25) is 0 Å². The lowest BCUT2D eigenvalue weighted by atomic mass is 10.2. The van der Waals surface area contributed by atoms with Crippen LogP contribution in [0.25, 0.3) is 11.3 Å². The quantitative estimate of drug-likeness (QED) is 0.551. The molecule has 23 heavy (non-hydrogen) atoms. The number of benzene rings is 1. The van der Waals surface area contributed by atoms with Gasteiger partial charge in [0, 0.05) is 12.0 Å². The maximum Gasteiger partial charge on any atom is 0.239 e. The third-order valence-electron chi connectivity index (χ3n) is 3.36. The molecule has 0 fully saturated rings. The number of nitrogens with two attached hydrogens (primary N) is 1. The summed E-state index contributed by atoms with van der Waals surface area (Å²) in [7, 11) is 0. The van der Waals surface area contributed by atoms with Crippen molar-refractivity contribution in [1.29, 1.82) is 0 Å². The van der Waals surface area contributed by atoms with Gasteiger partial charge >= 0.3 is 0 Å². The summed E-state index contributed by atoms with van der Waals surface area (Å²) in [6.45, 7) is 4.09. The molecule has 0 saturated carbocycles. The fourth-order valence-electron chi connectivity index (χ4n) is 2.18. The van der Waals surface area contributed by atoms with Crippen LogP contribution in [-0.4, -0.2) is 19.8 Å². The first-order valence-corrected chi connectivity index (χ1v) is 8.44. The Hall–Kier alpha value is -2.28. The van der Waals surface area contributed by atoms with Crippen molar-refractivity contribution in [2.24, 2.45) is 0 Å². The van der Waals surface area contributed by atoms with E-state index < -0.39 is 0 Å². The molecule has 0 unspecified atom stereocenters. The zero-order valence-corrected chi connectivity index (χ0v) is 14.0. The Morgan fingerprint density at radius 1 is 1.26 bits per heavy atom. The first-order chi connectivity index (χ1) is 11.2. The van der Waals surface area contributed by atoms with Gasteiger partial charge in [-0.05, 0) is 13.3 Å². The zero-order valence-electron chi connectivity index (χ0n) is 13.1. The van der Waals surface area contributed by atoms with Crippen molar-refractivity contribution in [2.75, 3.05) is 5.84 Å². The van der Waals surface area contributed by atoms with E-state index in [1.165, 1.54) is 16.4 Å². The van der Waals surface area contributed by atoms with Gasteiger partial charge < -0.3 is 10.4 Å². The van der Waals surface area contributed by atoms with Crippen molar-refractivity contribution in [3.8, 4) is 11.3 Å². The molecular weight excluding hydrogens is 310 g/mol. The SMILES string of the molecule is CCCc1noc([C@H](C)Sc2nc(-c3ccccc3)cn2N)n1. The van der Waals surface area contributed by atoms with Crippen LogP contribution in [0, 0.1) is 0 Å². The molecule has 0 aliphatic rings. The van der Waals surface area contributed by atoms with Gasteiger partial charge in [0.05, 0.1) is 17.1 Å². The van der Waals surface area contributed by atoms with Crippen molar-refractivity contribution in [3.63, 3.8) is 0 Å². The first kappa shape index (κ1) is 15.6. The number of rotatable bonds is 6. The molecule has 6 nitrogen and oxygen atoms in total. The summed E-state index contributed by atoms with van der Waals surface area (Å²) in [5, 5.41) is 4.69. The summed E-state index contributed by atoms with van der Waals surface area (Å²) in [5.74, 6) is 7.37. The average Bonchev–Trinajstić information content (AvgIpc) is 3.16. The summed E-state index contributed by atoms with van der Waals surface area (Å²) in [4.78, 5) is 9.01. The largest absolute Gasteiger partial charge is 0.338 e. The third-order valence-corrected chi connectivity index (χ3v) is 4.42. The van der Waals surface area contributed by atoms with Gasteiger partial charge in [-0.1, -0.05) is 54.2 Å². The molecule has 120 valence electrons. The Kier molecular flexibility index (Phi) is 4.66. The van der Waals surface area contributed by atoms with E-state index in [4.69, 9.17) is 10.4 Å². The Labute approximate surface area is 139 Å². The summed E-state index contributed by atoms with van der Waals surface area (Å²) in [6, 6.07) is 9.95. The van der Waals surface area contributed by atoms with E-state index in [1.807, 2.05) is 43.5 Å². The molecule has 0 bridgehead atoms. The fourth-order valence-corrected chi connectivity index (χ4v) is 3.02. The minimum Gasteiger partial charge on any atom is -0.338 e. The molecule has 0 spiro atoms. The molecule has 2 heterocycles. The van der Waals surface area contributed by atoms with Crippen LogP contribution in [0.15, 0.2) is 46.2 Å². The van der Waals surface area contributed by atoms with E-state index in [-0.39, 0.29) is 5.25 Å². The van der Waals surface area contributed by atoms with Crippen LogP contribution >= 0.6 is 11.8 Å². The second kappa shape index (κ2) is 6.87. The minimum absolute atomic E-state index is 0.0126. The third kappa shape index (κ3) is 3.56. The van der Waals surface area contributed by atoms with Gasteiger partial charge in [-0.25, -0.2) is 9.66 Å². The lowest BCUT2D eigenvalue weighted by Gasteiger charge is -2.05. The second-order valence-corrected chi connectivity index (χ2v) is 6.55. The van der Waals surface area contributed by atoms with Crippen molar-refractivity contribution < 1.29 is 4.52 Å². The van der Waals surface area contributed by atoms with Gasteiger partial charge in [-0.15, -0.1) is 0 Å². The van der Waals surface area contributed by atoms with E-state index >= 15 is 0 Å². The van der Waals surface area contributed by atoms with Gasteiger partial charge in [0.15, 0.2) is 11.0 Å². The molecule has 1 aromatic carbocycles. The maximum absolute atomic E-state index is 6.02. The standard InChI is InChI=1S/C16H19N5OS/c1-3-7-14-19-15(22-20-14)11(2)23-16-18-13(10-21(16)17)12-8-5-4-6-9-12/h4-6,8-11H,3,7,17H2,1-2H3/t11-/m0/s1. The van der Waals surface area contributed by atoms with Crippen LogP contribution in [-0.2, 0) is 6.42 Å². The van der Waals surface area contributed by atoms with E-state index in [0.717, 1.165) is 29.9 Å². The van der Waals surface area contributed by atoms with Crippen LogP contribution < -0.4 is 5.84 Å². The van der Waals surface area contributed by atoms with Crippen molar-refractivity contribution in [3.05, 3.63) is 48.2 Å². The number of aryl methyl sites for hydroxylation is 1. The molecule has 3 rings (SSSR count). The molecule has 0 amide bonds. The number of nitrogen functional groups attached to an aromatic ring is 1. The molecule has 2 N–H and O–H groups in total. The van der Waals surface area contributed by atoms with Crippen LogP contribution in [0.3, 0.4) is 0 Å². The highest BCUT2D eigenvalue weighted by molar-refractivity contribution is 7.99. The molecule has 2 aromatic heterocycles. The number of nitrogens with zero attached hydrogens (tertiary/aromatic N) is 4. The summed E-state index contributed by atoms with van der Waals surface area (Å²) in [5.41, 5.74) is 1.88. The number of aromatic nitrogens is 4. The number of hydrogen-bond donors (Lipinski definition) is 1. The monoisotopic (exact) mass is 329 g/mol. The highest BCUT2D eigenvalue weighted by Gasteiger charge is 2.19. The first-order valence-electron chi connectivity index (χ1n) is 7.56. The fraction of sp³-hybridized carbons (Fsp3) is 0.312. The van der Waals surface area contributed by atoms with E-state index in [2.05, 4.69) is 22.0 Å². The summed E-state index contributed by atoms with van der Waals surface area (Å²) in [6.07, 6.45) is 3.64. The van der Waals surface area contributed by atoms with Crippen molar-refractivity contribution in [1.82, 2.24) is 19.8 Å². The van der Waals surface area contributed by atoms with E-state index in [9.17, 15) is 0 Å². The smallest absolute Gasteiger partial charge is 0.239 e. The molecule has 0 saturated heterocycles. The van der Waals surface area contributed by atoms with Crippen LogP contribution in [0.1, 0.15) is 37.2 Å². The molecule has 0 radical (unpaired) electrons. The maximum atomic E-state index is 6.02. The molecule has 7 heteroatoms. The molecule has 3 aromatic rings. The average molecular weight is 329 g/mol. The van der Waals surface area contributed by atoms with Crippen molar-refractivity contribution in [2.45, 2.75) is 37.1 Å². The van der Waals surface area contributed by atoms with Crippen LogP contribution in [0.5, 0.6) is 0 Å². The highest BCUT2D eigenvalue weighted by Crippen LogP contribution is 2.34. The second-order valence-electron chi connectivity index (χ2n) is 5.24. The Balaban J connectivity index is 1.75. The number of thioether (sulfide) groups is 1. The predicted octanol–water partition coefficient (Wildman–Crippen LogP) is 3.45. The molecule has 0 aliphatic heterocycles. The Morgan fingerprint density at radius 2 is 2.04 bits per heavy atom. The minimum atomic E-state index is -0.0126. The van der Waals surface area contributed by atoms with Gasteiger partial charge in [-0.2, -0.15) is 4.98 Å². The van der Waals surface area contributed by atoms with E-state index in [0.29, 0.717) is 11.0 Å².